The highest BCUT2D eigenvalue weighted by Crippen LogP contribution is 2.33. The molecule has 0 saturated heterocycles. The summed E-state index contributed by atoms with van der Waals surface area (Å²) in [5.41, 5.74) is 0.682. The Labute approximate surface area is 150 Å². The van der Waals surface area contributed by atoms with E-state index in [4.69, 9.17) is 11.6 Å². The van der Waals surface area contributed by atoms with Gasteiger partial charge in [-0.2, -0.15) is 18.3 Å². The van der Waals surface area contributed by atoms with Crippen LogP contribution in [-0.2, 0) is 6.18 Å². The molecule has 3 aromatic heterocycles. The average molecular weight is 375 g/mol. The first-order valence-corrected chi connectivity index (χ1v) is 7.95. The number of halogens is 4. The van der Waals surface area contributed by atoms with Crippen molar-refractivity contribution in [3.05, 3.63) is 71.5 Å². The zero-order chi connectivity index (χ0) is 18.3. The van der Waals surface area contributed by atoms with E-state index in [0.29, 0.717) is 22.0 Å². The van der Waals surface area contributed by atoms with Crippen LogP contribution in [0.3, 0.4) is 0 Å². The molecule has 0 N–H and O–H groups in total. The second kappa shape index (κ2) is 6.10. The van der Waals surface area contributed by atoms with Gasteiger partial charge in [-0.15, -0.1) is 0 Å². The van der Waals surface area contributed by atoms with E-state index >= 15 is 0 Å². The molecule has 4 nitrogen and oxygen atoms in total. The summed E-state index contributed by atoms with van der Waals surface area (Å²) in [4.78, 5) is 8.37. The standard InChI is InChI=1S/C18H10ClF3N4/c19-12-6-4-11(5-7-12)14-10-17-24-15(13-3-1-2-8-23-13)9-16(18(20,21)22)26(17)25-14/h1-10H. The Hall–Kier alpha value is -2.93. The van der Waals surface area contributed by atoms with Crippen molar-refractivity contribution in [2.75, 3.05) is 0 Å². The first kappa shape index (κ1) is 16.5. The maximum absolute atomic E-state index is 13.6. The van der Waals surface area contributed by atoms with Crippen LogP contribution in [0.2, 0.25) is 5.02 Å². The third kappa shape index (κ3) is 3.01. The molecule has 0 aliphatic carbocycles. The van der Waals surface area contributed by atoms with Crippen molar-refractivity contribution >= 4 is 17.2 Å². The maximum atomic E-state index is 13.6. The molecule has 0 atom stereocenters. The van der Waals surface area contributed by atoms with E-state index in [1.54, 1.807) is 42.5 Å². The molecule has 0 spiro atoms. The number of fused-ring (bicyclic) bond motifs is 1. The lowest BCUT2D eigenvalue weighted by Crippen LogP contribution is -2.13. The molecule has 0 fully saturated rings. The smallest absolute Gasteiger partial charge is 0.255 e. The number of hydrogen-bond acceptors (Lipinski definition) is 3. The zero-order valence-corrected chi connectivity index (χ0v) is 13.8. The topological polar surface area (TPSA) is 43.1 Å². The van der Waals surface area contributed by atoms with E-state index in [0.717, 1.165) is 10.6 Å². The van der Waals surface area contributed by atoms with Crippen LogP contribution < -0.4 is 0 Å². The lowest BCUT2D eigenvalue weighted by atomic mass is 10.1. The minimum absolute atomic E-state index is 0.0884. The number of hydrogen-bond donors (Lipinski definition) is 0. The highest BCUT2D eigenvalue weighted by Gasteiger charge is 2.35. The summed E-state index contributed by atoms with van der Waals surface area (Å²) >= 11 is 5.86. The Morgan fingerprint density at radius 1 is 0.885 bits per heavy atom. The second-order valence-corrected chi connectivity index (χ2v) is 5.98. The number of nitrogens with zero attached hydrogens (tertiary/aromatic N) is 4. The Morgan fingerprint density at radius 3 is 2.31 bits per heavy atom. The Balaban J connectivity index is 1.94. The quantitative estimate of drug-likeness (QED) is 0.488. The van der Waals surface area contributed by atoms with Gasteiger partial charge in [0.05, 0.1) is 17.1 Å². The molecule has 1 aromatic carbocycles. The molecule has 4 aromatic rings. The molecule has 130 valence electrons. The van der Waals surface area contributed by atoms with Crippen LogP contribution in [0.4, 0.5) is 13.2 Å². The predicted octanol–water partition coefficient (Wildman–Crippen LogP) is 5.13. The van der Waals surface area contributed by atoms with Crippen LogP contribution in [0.5, 0.6) is 0 Å². The van der Waals surface area contributed by atoms with Crippen molar-refractivity contribution in [1.82, 2.24) is 19.6 Å². The van der Waals surface area contributed by atoms with Crippen LogP contribution in [0, 0.1) is 0 Å². The molecule has 0 aliphatic rings. The normalized spacial score (nSPS) is 11.8. The Kier molecular flexibility index (Phi) is 3.88. The van der Waals surface area contributed by atoms with Gasteiger partial charge in [0, 0.05) is 22.8 Å². The molecule has 0 bridgehead atoms. The van der Waals surface area contributed by atoms with Crippen molar-refractivity contribution in [2.45, 2.75) is 6.18 Å². The van der Waals surface area contributed by atoms with Gasteiger partial charge in [0.25, 0.3) is 0 Å². The first-order valence-electron chi connectivity index (χ1n) is 7.57. The molecule has 8 heteroatoms. The molecule has 3 heterocycles. The SMILES string of the molecule is FC(F)(F)c1cc(-c2ccccn2)nc2cc(-c3ccc(Cl)cc3)nn12. The number of alkyl halides is 3. The lowest BCUT2D eigenvalue weighted by Gasteiger charge is -2.10. The Bertz CT molecular complexity index is 1070. The van der Waals surface area contributed by atoms with Gasteiger partial charge in [0.1, 0.15) is 0 Å². The van der Waals surface area contributed by atoms with Gasteiger partial charge >= 0.3 is 6.18 Å². The van der Waals surface area contributed by atoms with E-state index in [2.05, 4.69) is 15.1 Å². The summed E-state index contributed by atoms with van der Waals surface area (Å²) in [7, 11) is 0. The van der Waals surface area contributed by atoms with Gasteiger partial charge in [-0.3, -0.25) is 4.98 Å². The number of benzene rings is 1. The summed E-state index contributed by atoms with van der Waals surface area (Å²) in [6.45, 7) is 0. The number of aromatic nitrogens is 4. The highest BCUT2D eigenvalue weighted by atomic mass is 35.5. The molecule has 0 saturated carbocycles. The zero-order valence-electron chi connectivity index (χ0n) is 13.1. The molecular formula is C18H10ClF3N4. The van der Waals surface area contributed by atoms with E-state index in [1.807, 2.05) is 0 Å². The fourth-order valence-corrected chi connectivity index (χ4v) is 2.71. The second-order valence-electron chi connectivity index (χ2n) is 5.55. The van der Waals surface area contributed by atoms with Gasteiger partial charge in [0.2, 0.25) is 0 Å². The largest absolute Gasteiger partial charge is 0.433 e. The van der Waals surface area contributed by atoms with Gasteiger partial charge in [-0.05, 0) is 30.3 Å². The van der Waals surface area contributed by atoms with Crippen molar-refractivity contribution in [3.8, 4) is 22.6 Å². The van der Waals surface area contributed by atoms with Crippen LogP contribution in [0.1, 0.15) is 5.69 Å². The minimum atomic E-state index is -4.59. The third-order valence-electron chi connectivity index (χ3n) is 3.78. The third-order valence-corrected chi connectivity index (χ3v) is 4.04. The number of pyridine rings is 1. The minimum Gasteiger partial charge on any atom is -0.255 e. The summed E-state index contributed by atoms with van der Waals surface area (Å²) < 4.78 is 41.5. The van der Waals surface area contributed by atoms with Gasteiger partial charge < -0.3 is 0 Å². The lowest BCUT2D eigenvalue weighted by molar-refractivity contribution is -0.142. The van der Waals surface area contributed by atoms with Crippen molar-refractivity contribution in [2.24, 2.45) is 0 Å². The van der Waals surface area contributed by atoms with Gasteiger partial charge in [0.15, 0.2) is 11.3 Å². The van der Waals surface area contributed by atoms with Crippen LogP contribution in [-0.4, -0.2) is 19.6 Å². The van der Waals surface area contributed by atoms with Crippen molar-refractivity contribution in [1.29, 1.82) is 0 Å². The molecular weight excluding hydrogens is 365 g/mol. The maximum Gasteiger partial charge on any atom is 0.433 e. The molecule has 0 aliphatic heterocycles. The van der Waals surface area contributed by atoms with E-state index in [-0.39, 0.29) is 11.3 Å². The summed E-state index contributed by atoms with van der Waals surface area (Å²) in [5, 5.41) is 4.62. The van der Waals surface area contributed by atoms with Crippen molar-refractivity contribution in [3.63, 3.8) is 0 Å². The molecule has 0 unspecified atom stereocenters. The van der Waals surface area contributed by atoms with Gasteiger partial charge in [-0.1, -0.05) is 29.8 Å². The predicted molar refractivity (Wildman–Crippen MR) is 91.7 cm³/mol. The van der Waals surface area contributed by atoms with E-state index in [9.17, 15) is 13.2 Å². The summed E-state index contributed by atoms with van der Waals surface area (Å²) in [6.07, 6.45) is -3.09. The average Bonchev–Trinajstić information content (AvgIpc) is 3.05. The van der Waals surface area contributed by atoms with Crippen LogP contribution in [0.15, 0.2) is 60.8 Å². The van der Waals surface area contributed by atoms with Crippen molar-refractivity contribution < 1.29 is 13.2 Å². The summed E-state index contributed by atoms with van der Waals surface area (Å²) in [5.74, 6) is 0. The van der Waals surface area contributed by atoms with Crippen LogP contribution >= 0.6 is 11.6 Å². The Morgan fingerprint density at radius 2 is 1.65 bits per heavy atom. The van der Waals surface area contributed by atoms with E-state index < -0.39 is 11.9 Å². The van der Waals surface area contributed by atoms with Gasteiger partial charge in [-0.25, -0.2) is 9.50 Å². The molecule has 4 rings (SSSR count). The first-order chi connectivity index (χ1) is 12.4. The molecule has 0 amide bonds. The molecule has 26 heavy (non-hydrogen) atoms. The fraction of sp³-hybridized carbons (Fsp3) is 0.0556. The molecule has 0 radical (unpaired) electrons. The van der Waals surface area contributed by atoms with E-state index in [1.165, 1.54) is 12.3 Å². The highest BCUT2D eigenvalue weighted by molar-refractivity contribution is 6.30. The fourth-order valence-electron chi connectivity index (χ4n) is 2.58. The summed E-state index contributed by atoms with van der Waals surface area (Å²) in [6, 6.07) is 14.1. The monoisotopic (exact) mass is 374 g/mol. The van der Waals surface area contributed by atoms with Crippen LogP contribution in [0.25, 0.3) is 28.3 Å². The number of rotatable bonds is 2.